The predicted molar refractivity (Wildman–Crippen MR) is 64.8 cm³/mol. The molecule has 0 aliphatic heterocycles. The quantitative estimate of drug-likeness (QED) is 0.713. The lowest BCUT2D eigenvalue weighted by Crippen LogP contribution is -2.49. The van der Waals surface area contributed by atoms with Gasteiger partial charge in [0.25, 0.3) is 0 Å². The Morgan fingerprint density at radius 2 is 1.82 bits per heavy atom. The highest BCUT2D eigenvalue weighted by Crippen LogP contribution is 2.32. The maximum absolute atomic E-state index is 11.9. The number of nitrogens with zero attached hydrogens (tertiary/aromatic N) is 1. The molecule has 1 unspecified atom stereocenters. The van der Waals surface area contributed by atoms with Crippen LogP contribution in [0.1, 0.15) is 39.5 Å². The first-order chi connectivity index (χ1) is 8.10. The van der Waals surface area contributed by atoms with Gasteiger partial charge in [0.2, 0.25) is 0 Å². The van der Waals surface area contributed by atoms with Crippen molar-refractivity contribution in [3.05, 3.63) is 0 Å². The van der Waals surface area contributed by atoms with Gasteiger partial charge in [0.1, 0.15) is 6.04 Å². The average Bonchev–Trinajstić information content (AvgIpc) is 3.08. The van der Waals surface area contributed by atoms with Crippen molar-refractivity contribution >= 4 is 12.0 Å². The van der Waals surface area contributed by atoms with E-state index in [1.807, 2.05) is 13.8 Å². The second-order valence-electron chi connectivity index (χ2n) is 4.59. The fraction of sp³-hybridized carbons (Fsp3) is 0.833. The highest BCUT2D eigenvalue weighted by atomic mass is 16.4. The Labute approximate surface area is 102 Å². The Balaban J connectivity index is 2.51. The Hall–Kier alpha value is -1.26. The van der Waals surface area contributed by atoms with Crippen molar-refractivity contribution in [2.45, 2.75) is 45.6 Å². The van der Waals surface area contributed by atoms with Crippen molar-refractivity contribution < 1.29 is 14.7 Å². The van der Waals surface area contributed by atoms with Crippen LogP contribution in [0.25, 0.3) is 0 Å². The summed E-state index contributed by atoms with van der Waals surface area (Å²) in [6.07, 6.45) is 3.57. The number of carbonyl (C=O) groups is 2. The van der Waals surface area contributed by atoms with E-state index in [9.17, 15) is 9.59 Å². The van der Waals surface area contributed by atoms with Crippen molar-refractivity contribution in [1.29, 1.82) is 0 Å². The number of rotatable bonds is 7. The van der Waals surface area contributed by atoms with Crippen LogP contribution >= 0.6 is 0 Å². The minimum Gasteiger partial charge on any atom is -0.480 e. The molecule has 0 bridgehead atoms. The summed E-state index contributed by atoms with van der Waals surface area (Å²) < 4.78 is 0. The lowest BCUT2D eigenvalue weighted by atomic mass is 10.2. The van der Waals surface area contributed by atoms with Crippen LogP contribution in [0, 0.1) is 5.92 Å². The van der Waals surface area contributed by atoms with E-state index in [0.717, 1.165) is 25.7 Å². The van der Waals surface area contributed by atoms with E-state index < -0.39 is 12.0 Å². The smallest absolute Gasteiger partial charge is 0.326 e. The van der Waals surface area contributed by atoms with Crippen molar-refractivity contribution in [2.24, 2.45) is 5.92 Å². The molecule has 0 saturated heterocycles. The van der Waals surface area contributed by atoms with Gasteiger partial charge in [0, 0.05) is 13.1 Å². The minimum absolute atomic E-state index is 0.126. The number of hydrogen-bond donors (Lipinski definition) is 2. The molecule has 0 aromatic heterocycles. The Morgan fingerprint density at radius 3 is 2.18 bits per heavy atom. The van der Waals surface area contributed by atoms with Crippen LogP contribution < -0.4 is 5.32 Å². The third-order valence-corrected chi connectivity index (χ3v) is 2.91. The largest absolute Gasteiger partial charge is 0.480 e. The van der Waals surface area contributed by atoms with Crippen LogP contribution in [-0.4, -0.2) is 41.1 Å². The number of urea groups is 1. The minimum atomic E-state index is -0.922. The molecule has 1 atom stereocenters. The first-order valence-electron chi connectivity index (χ1n) is 6.38. The monoisotopic (exact) mass is 242 g/mol. The normalized spacial score (nSPS) is 16.4. The van der Waals surface area contributed by atoms with Gasteiger partial charge < -0.3 is 15.3 Å². The van der Waals surface area contributed by atoms with Crippen molar-refractivity contribution in [2.75, 3.05) is 13.1 Å². The lowest BCUT2D eigenvalue weighted by Gasteiger charge is -2.24. The zero-order valence-corrected chi connectivity index (χ0v) is 10.6. The van der Waals surface area contributed by atoms with Crippen molar-refractivity contribution in [1.82, 2.24) is 10.2 Å². The SMILES string of the molecule is CCCN(CCC)C(=O)NC(C(=O)O)C1CC1. The molecular weight excluding hydrogens is 220 g/mol. The maximum atomic E-state index is 11.9. The highest BCUT2D eigenvalue weighted by Gasteiger charge is 2.37. The van der Waals surface area contributed by atoms with E-state index in [2.05, 4.69) is 5.32 Å². The van der Waals surface area contributed by atoms with Crippen molar-refractivity contribution in [3.63, 3.8) is 0 Å². The summed E-state index contributed by atoms with van der Waals surface area (Å²) in [5, 5.41) is 11.7. The standard InChI is InChI=1S/C12H22N2O3/c1-3-7-14(8-4-2)12(17)13-10(11(15)16)9-5-6-9/h9-10H,3-8H2,1-2H3,(H,13,17)(H,15,16). The average molecular weight is 242 g/mol. The molecule has 0 heterocycles. The summed E-state index contributed by atoms with van der Waals surface area (Å²) >= 11 is 0. The van der Waals surface area contributed by atoms with Crippen molar-refractivity contribution in [3.8, 4) is 0 Å². The molecule has 0 radical (unpaired) electrons. The third kappa shape index (κ3) is 4.24. The molecule has 2 N–H and O–H groups in total. The highest BCUT2D eigenvalue weighted by molar-refractivity contribution is 5.83. The molecule has 1 saturated carbocycles. The molecule has 5 nitrogen and oxygen atoms in total. The molecule has 1 rings (SSSR count). The van der Waals surface area contributed by atoms with E-state index in [4.69, 9.17) is 5.11 Å². The molecule has 1 aliphatic rings. The molecule has 0 aromatic carbocycles. The van der Waals surface area contributed by atoms with Crippen LogP contribution in [-0.2, 0) is 4.79 Å². The molecule has 5 heteroatoms. The van der Waals surface area contributed by atoms with Crippen LogP contribution in [0.15, 0.2) is 0 Å². The fourth-order valence-corrected chi connectivity index (χ4v) is 1.89. The van der Waals surface area contributed by atoms with Gasteiger partial charge >= 0.3 is 12.0 Å². The second-order valence-corrected chi connectivity index (χ2v) is 4.59. The Bertz CT molecular complexity index is 271. The number of carbonyl (C=O) groups excluding carboxylic acids is 1. The number of aliphatic carboxylic acids is 1. The zero-order valence-electron chi connectivity index (χ0n) is 10.6. The fourth-order valence-electron chi connectivity index (χ4n) is 1.89. The molecule has 2 amide bonds. The molecule has 0 spiro atoms. The van der Waals surface area contributed by atoms with Crippen LogP contribution in [0.5, 0.6) is 0 Å². The summed E-state index contributed by atoms with van der Waals surface area (Å²) in [5.74, 6) is -0.796. The molecule has 0 aromatic rings. The second kappa shape index (κ2) is 6.47. The van der Waals surface area contributed by atoms with Crippen LogP contribution in [0.2, 0.25) is 0 Å². The summed E-state index contributed by atoms with van der Waals surface area (Å²) in [6.45, 7) is 5.37. The van der Waals surface area contributed by atoms with E-state index in [1.54, 1.807) is 4.90 Å². The van der Waals surface area contributed by atoms with Crippen LogP contribution in [0.4, 0.5) is 4.79 Å². The molecular formula is C12H22N2O3. The topological polar surface area (TPSA) is 69.6 Å². The van der Waals surface area contributed by atoms with E-state index >= 15 is 0 Å². The van der Waals surface area contributed by atoms with Gasteiger partial charge in [-0.3, -0.25) is 0 Å². The van der Waals surface area contributed by atoms with E-state index in [-0.39, 0.29) is 11.9 Å². The molecule has 17 heavy (non-hydrogen) atoms. The first-order valence-corrected chi connectivity index (χ1v) is 6.38. The van der Waals surface area contributed by atoms with Crippen LogP contribution in [0.3, 0.4) is 0 Å². The van der Waals surface area contributed by atoms with Gasteiger partial charge in [-0.1, -0.05) is 13.8 Å². The summed E-state index contributed by atoms with van der Waals surface area (Å²) in [4.78, 5) is 24.6. The van der Waals surface area contributed by atoms with Gasteiger partial charge in [-0.25, -0.2) is 9.59 Å². The van der Waals surface area contributed by atoms with Gasteiger partial charge in [0.05, 0.1) is 0 Å². The Kier molecular flexibility index (Phi) is 5.25. The van der Waals surface area contributed by atoms with Gasteiger partial charge in [0.15, 0.2) is 0 Å². The number of hydrogen-bond acceptors (Lipinski definition) is 2. The predicted octanol–water partition coefficient (Wildman–Crippen LogP) is 1.68. The molecule has 1 aliphatic carbocycles. The number of carboxylic acid groups (broad SMARTS) is 1. The number of amides is 2. The third-order valence-electron chi connectivity index (χ3n) is 2.91. The summed E-state index contributed by atoms with van der Waals surface area (Å²) in [6, 6.07) is -0.952. The Morgan fingerprint density at radius 1 is 1.29 bits per heavy atom. The van der Waals surface area contributed by atoms with Gasteiger partial charge in [-0.15, -0.1) is 0 Å². The van der Waals surface area contributed by atoms with E-state index in [1.165, 1.54) is 0 Å². The van der Waals surface area contributed by atoms with Gasteiger partial charge in [-0.05, 0) is 31.6 Å². The lowest BCUT2D eigenvalue weighted by molar-refractivity contribution is -0.139. The summed E-state index contributed by atoms with van der Waals surface area (Å²) in [5.41, 5.74) is 0. The molecule has 1 fully saturated rings. The maximum Gasteiger partial charge on any atom is 0.326 e. The summed E-state index contributed by atoms with van der Waals surface area (Å²) in [7, 11) is 0. The molecule has 98 valence electrons. The van der Waals surface area contributed by atoms with Gasteiger partial charge in [-0.2, -0.15) is 0 Å². The zero-order chi connectivity index (χ0) is 12.8. The van der Waals surface area contributed by atoms with E-state index in [0.29, 0.717) is 13.1 Å². The first kappa shape index (κ1) is 13.8. The number of nitrogens with one attached hydrogen (secondary N) is 1. The number of carboxylic acids is 1.